The van der Waals surface area contributed by atoms with Gasteiger partial charge in [-0.1, -0.05) is 38.1 Å². The molecule has 0 aromatic heterocycles. The average molecular weight is 403 g/mol. The first-order valence-corrected chi connectivity index (χ1v) is 11.1. The molecule has 7 heteroatoms. The molecule has 0 fully saturated rings. The van der Waals surface area contributed by atoms with E-state index in [2.05, 4.69) is 19.2 Å². The molecule has 6 nitrogen and oxygen atoms in total. The van der Waals surface area contributed by atoms with Gasteiger partial charge >= 0.3 is 0 Å². The van der Waals surface area contributed by atoms with Gasteiger partial charge < -0.3 is 10.1 Å². The lowest BCUT2D eigenvalue weighted by molar-refractivity contribution is -0.122. The van der Waals surface area contributed by atoms with Gasteiger partial charge in [0.25, 0.3) is 5.91 Å². The maximum absolute atomic E-state index is 13.0. The van der Waals surface area contributed by atoms with Gasteiger partial charge in [-0.2, -0.15) is 0 Å². The summed E-state index contributed by atoms with van der Waals surface area (Å²) in [5, 5.41) is 2.96. The number of aryl methyl sites for hydroxylation is 2. The maximum Gasteiger partial charge on any atom is 0.267 e. The number of carbonyl (C=O) groups is 1. The van der Waals surface area contributed by atoms with Gasteiger partial charge in [-0.3, -0.25) is 9.10 Å². The minimum absolute atomic E-state index is 0.0655. The van der Waals surface area contributed by atoms with Crippen molar-refractivity contribution < 1.29 is 17.9 Å². The van der Waals surface area contributed by atoms with Crippen LogP contribution in [-0.4, -0.2) is 33.2 Å². The lowest BCUT2D eigenvalue weighted by Crippen LogP contribution is -2.48. The van der Waals surface area contributed by atoms with E-state index in [9.17, 15) is 13.2 Å². The van der Waals surface area contributed by atoms with Crippen molar-refractivity contribution in [1.82, 2.24) is 0 Å². The van der Waals surface area contributed by atoms with Crippen molar-refractivity contribution in [2.45, 2.75) is 39.7 Å². The second-order valence-corrected chi connectivity index (χ2v) is 9.46. The standard InChI is InChI=1S/C21H26N2O4S/c1-13(2)16-8-6-7-15(4)20(16)22-21(24)19-12-23(28(5,25)26)17-11-14(3)9-10-18(17)27-19/h6-11,13,19H,12H2,1-5H3,(H,22,24)/t19-/m1/s1. The Morgan fingerprint density at radius 2 is 1.93 bits per heavy atom. The average Bonchev–Trinajstić information content (AvgIpc) is 2.61. The first kappa shape index (κ1) is 20.2. The number of hydrogen-bond donors (Lipinski definition) is 1. The van der Waals surface area contributed by atoms with E-state index < -0.39 is 16.1 Å². The third-order valence-electron chi connectivity index (χ3n) is 4.85. The van der Waals surface area contributed by atoms with Crippen LogP contribution >= 0.6 is 0 Å². The maximum atomic E-state index is 13.0. The van der Waals surface area contributed by atoms with E-state index in [-0.39, 0.29) is 18.4 Å². The molecule has 1 amide bonds. The molecule has 0 aliphatic carbocycles. The van der Waals surface area contributed by atoms with E-state index >= 15 is 0 Å². The lowest BCUT2D eigenvalue weighted by Gasteiger charge is -2.34. The van der Waals surface area contributed by atoms with Gasteiger partial charge in [0.05, 0.1) is 18.5 Å². The smallest absolute Gasteiger partial charge is 0.267 e. The van der Waals surface area contributed by atoms with Crippen LogP contribution in [0.15, 0.2) is 36.4 Å². The van der Waals surface area contributed by atoms with E-state index in [0.29, 0.717) is 11.4 Å². The highest BCUT2D eigenvalue weighted by Gasteiger charge is 2.35. The van der Waals surface area contributed by atoms with Crippen LogP contribution < -0.4 is 14.4 Å². The molecule has 28 heavy (non-hydrogen) atoms. The van der Waals surface area contributed by atoms with Crippen LogP contribution in [-0.2, 0) is 14.8 Å². The van der Waals surface area contributed by atoms with Crippen LogP contribution in [0.1, 0.15) is 36.5 Å². The molecule has 2 aromatic rings. The molecule has 3 rings (SSSR count). The van der Waals surface area contributed by atoms with Gasteiger partial charge in [-0.25, -0.2) is 8.42 Å². The SMILES string of the molecule is Cc1ccc2c(c1)N(S(C)(=O)=O)C[C@H](C(=O)Nc1c(C)cccc1C(C)C)O2. The fourth-order valence-electron chi connectivity index (χ4n) is 3.36. The normalized spacial score (nSPS) is 16.5. The highest BCUT2D eigenvalue weighted by molar-refractivity contribution is 7.92. The van der Waals surface area contributed by atoms with Crippen molar-refractivity contribution in [3.63, 3.8) is 0 Å². The number of para-hydroxylation sites is 1. The number of sulfonamides is 1. The van der Waals surface area contributed by atoms with Crippen molar-refractivity contribution in [2.24, 2.45) is 0 Å². The van der Waals surface area contributed by atoms with E-state index in [0.717, 1.165) is 28.6 Å². The molecular weight excluding hydrogens is 376 g/mol. The predicted octanol–water partition coefficient (Wildman–Crippen LogP) is 3.59. The van der Waals surface area contributed by atoms with Crippen molar-refractivity contribution in [2.75, 3.05) is 22.4 Å². The third-order valence-corrected chi connectivity index (χ3v) is 6.00. The summed E-state index contributed by atoms with van der Waals surface area (Å²) in [6.45, 7) is 7.87. The minimum atomic E-state index is -3.55. The Bertz CT molecular complexity index is 1020. The Morgan fingerprint density at radius 1 is 1.21 bits per heavy atom. The molecule has 1 aliphatic rings. The minimum Gasteiger partial charge on any atom is -0.476 e. The summed E-state index contributed by atoms with van der Waals surface area (Å²) in [6, 6.07) is 11.2. The number of benzene rings is 2. The molecule has 1 aliphatic heterocycles. The van der Waals surface area contributed by atoms with E-state index in [4.69, 9.17) is 4.74 Å². The van der Waals surface area contributed by atoms with Crippen LogP contribution in [0.3, 0.4) is 0 Å². The van der Waals surface area contributed by atoms with E-state index in [1.165, 1.54) is 4.31 Å². The molecule has 1 atom stereocenters. The summed E-state index contributed by atoms with van der Waals surface area (Å²) in [6.07, 6.45) is 0.196. The van der Waals surface area contributed by atoms with Gasteiger partial charge in [0.1, 0.15) is 5.75 Å². The number of nitrogens with one attached hydrogen (secondary N) is 1. The largest absolute Gasteiger partial charge is 0.476 e. The van der Waals surface area contributed by atoms with Gasteiger partial charge in [-0.15, -0.1) is 0 Å². The molecule has 1 heterocycles. The molecule has 0 bridgehead atoms. The van der Waals surface area contributed by atoms with Crippen LogP contribution in [0.4, 0.5) is 11.4 Å². The molecule has 0 saturated carbocycles. The topological polar surface area (TPSA) is 75.7 Å². The number of carbonyl (C=O) groups excluding carboxylic acids is 1. The predicted molar refractivity (Wildman–Crippen MR) is 112 cm³/mol. The molecule has 0 unspecified atom stereocenters. The van der Waals surface area contributed by atoms with Gasteiger partial charge in [0.2, 0.25) is 10.0 Å². The van der Waals surface area contributed by atoms with Crippen LogP contribution in [0.5, 0.6) is 5.75 Å². The van der Waals surface area contributed by atoms with Crippen LogP contribution in [0.2, 0.25) is 0 Å². The number of amides is 1. The molecule has 0 radical (unpaired) electrons. The summed E-state index contributed by atoms with van der Waals surface area (Å²) in [7, 11) is -3.55. The fourth-order valence-corrected chi connectivity index (χ4v) is 4.26. The highest BCUT2D eigenvalue weighted by atomic mass is 32.2. The Balaban J connectivity index is 1.93. The molecule has 2 aromatic carbocycles. The Labute approximate surface area is 166 Å². The number of anilines is 2. The highest BCUT2D eigenvalue weighted by Crippen LogP contribution is 2.36. The summed E-state index contributed by atoms with van der Waals surface area (Å²) in [4.78, 5) is 13.0. The first-order chi connectivity index (χ1) is 13.1. The van der Waals surface area contributed by atoms with E-state index in [1.807, 2.05) is 38.1 Å². The number of hydrogen-bond acceptors (Lipinski definition) is 4. The van der Waals surface area contributed by atoms with E-state index in [1.54, 1.807) is 12.1 Å². The number of fused-ring (bicyclic) bond motifs is 1. The second kappa shape index (κ2) is 7.47. The number of rotatable bonds is 4. The Kier molecular flexibility index (Phi) is 5.39. The van der Waals surface area contributed by atoms with Crippen LogP contribution in [0, 0.1) is 13.8 Å². The quantitative estimate of drug-likeness (QED) is 0.848. The van der Waals surface area contributed by atoms with Crippen molar-refractivity contribution in [3.8, 4) is 5.75 Å². The molecule has 150 valence electrons. The summed E-state index contributed by atoms with van der Waals surface area (Å²) in [5.41, 5.74) is 4.11. The van der Waals surface area contributed by atoms with Crippen molar-refractivity contribution in [3.05, 3.63) is 53.1 Å². The Morgan fingerprint density at radius 3 is 2.57 bits per heavy atom. The number of nitrogens with zero attached hydrogens (tertiary/aromatic N) is 1. The summed E-state index contributed by atoms with van der Waals surface area (Å²) < 4.78 is 31.8. The van der Waals surface area contributed by atoms with Gasteiger partial charge in [-0.05, 0) is 48.6 Å². The van der Waals surface area contributed by atoms with Crippen LogP contribution in [0.25, 0.3) is 0 Å². The van der Waals surface area contributed by atoms with Crippen molar-refractivity contribution >= 4 is 27.3 Å². The first-order valence-electron chi connectivity index (χ1n) is 9.23. The zero-order valence-corrected chi connectivity index (χ0v) is 17.6. The zero-order valence-electron chi connectivity index (χ0n) is 16.8. The van der Waals surface area contributed by atoms with Gasteiger partial charge in [0, 0.05) is 5.69 Å². The van der Waals surface area contributed by atoms with Gasteiger partial charge in [0.15, 0.2) is 6.10 Å². The molecular formula is C21H26N2O4S. The summed E-state index contributed by atoms with van der Waals surface area (Å²) >= 11 is 0. The third kappa shape index (κ3) is 3.99. The number of ether oxygens (including phenoxy) is 1. The molecule has 0 saturated heterocycles. The zero-order chi connectivity index (χ0) is 20.6. The van der Waals surface area contributed by atoms with Crippen molar-refractivity contribution in [1.29, 1.82) is 0 Å². The lowest BCUT2D eigenvalue weighted by atomic mass is 9.98. The fraction of sp³-hybridized carbons (Fsp3) is 0.381. The molecule has 0 spiro atoms. The molecule has 1 N–H and O–H groups in total. The second-order valence-electron chi connectivity index (χ2n) is 7.55. The monoisotopic (exact) mass is 402 g/mol. The Hall–Kier alpha value is -2.54. The summed E-state index contributed by atoms with van der Waals surface area (Å²) in [5.74, 6) is 0.256.